The lowest BCUT2D eigenvalue weighted by molar-refractivity contribution is 0.100. The number of rotatable bonds is 4. The normalized spacial score (nSPS) is 14.4. The average molecular weight is 470 g/mol. The third-order valence-corrected chi connectivity index (χ3v) is 6.35. The average Bonchev–Trinajstić information content (AvgIpc) is 3.17. The number of benzene rings is 2. The summed E-state index contributed by atoms with van der Waals surface area (Å²) in [4.78, 5) is 23.8. The number of carbonyl (C=O) groups is 1. The number of anilines is 1. The highest BCUT2D eigenvalue weighted by atomic mass is 35.5. The van der Waals surface area contributed by atoms with Crippen LogP contribution in [0.4, 0.5) is 5.69 Å². The van der Waals surface area contributed by atoms with E-state index in [-0.39, 0.29) is 0 Å². The number of morpholine rings is 1. The Morgan fingerprint density at radius 1 is 1.16 bits per heavy atom. The third kappa shape index (κ3) is 3.37. The molecule has 1 aliphatic rings. The van der Waals surface area contributed by atoms with Gasteiger partial charge in [0.1, 0.15) is 11.3 Å². The standard InChI is InChI=1S/C23H21Cl2N5O2/c1-2-19-28-21-15(23(26)31)10-13(29-6-8-32-9-7-29)11-18(21)30(19)22-14-4-3-5-16(24)20(14)27-12-17(22)25/h3-5,10-12H,2,6-9H2,1H3,(H2,26,31). The van der Waals surface area contributed by atoms with Gasteiger partial charge in [-0.05, 0) is 18.2 Å². The summed E-state index contributed by atoms with van der Waals surface area (Å²) in [5.41, 5.74) is 9.74. The van der Waals surface area contributed by atoms with E-state index in [1.54, 1.807) is 12.3 Å². The quantitative estimate of drug-likeness (QED) is 0.479. The molecule has 1 fully saturated rings. The summed E-state index contributed by atoms with van der Waals surface area (Å²) in [6.45, 7) is 4.72. The molecular weight excluding hydrogens is 449 g/mol. The number of fused-ring (bicyclic) bond motifs is 2. The maximum atomic E-state index is 12.4. The maximum absolute atomic E-state index is 12.4. The van der Waals surface area contributed by atoms with Crippen molar-refractivity contribution >= 4 is 56.7 Å². The second-order valence-electron chi connectivity index (χ2n) is 7.63. The van der Waals surface area contributed by atoms with Gasteiger partial charge >= 0.3 is 0 Å². The summed E-state index contributed by atoms with van der Waals surface area (Å²) >= 11 is 13.1. The number of imidazole rings is 1. The Labute approximate surface area is 194 Å². The minimum Gasteiger partial charge on any atom is -0.378 e. The van der Waals surface area contributed by atoms with Gasteiger partial charge in [-0.1, -0.05) is 42.3 Å². The van der Waals surface area contributed by atoms with Gasteiger partial charge in [0.25, 0.3) is 5.91 Å². The van der Waals surface area contributed by atoms with Gasteiger partial charge < -0.3 is 15.4 Å². The Morgan fingerprint density at radius 3 is 2.66 bits per heavy atom. The molecule has 9 heteroatoms. The van der Waals surface area contributed by atoms with E-state index < -0.39 is 5.91 Å². The molecule has 0 atom stereocenters. The molecule has 2 aromatic heterocycles. The monoisotopic (exact) mass is 469 g/mol. The number of carbonyl (C=O) groups excluding carboxylic acids is 1. The first-order valence-electron chi connectivity index (χ1n) is 10.4. The minimum atomic E-state index is -0.522. The van der Waals surface area contributed by atoms with Crippen LogP contribution in [0.25, 0.3) is 27.6 Å². The minimum absolute atomic E-state index is 0.380. The van der Waals surface area contributed by atoms with Gasteiger partial charge in [-0.3, -0.25) is 14.3 Å². The van der Waals surface area contributed by atoms with Gasteiger partial charge in [0.15, 0.2) is 0 Å². The number of aryl methyl sites for hydroxylation is 1. The third-order valence-electron chi connectivity index (χ3n) is 5.77. The molecule has 5 rings (SSSR count). The molecule has 0 unspecified atom stereocenters. The first-order chi connectivity index (χ1) is 15.5. The molecule has 164 valence electrons. The highest BCUT2D eigenvalue weighted by Crippen LogP contribution is 2.36. The zero-order valence-electron chi connectivity index (χ0n) is 17.4. The van der Waals surface area contributed by atoms with E-state index in [2.05, 4.69) is 9.88 Å². The zero-order chi connectivity index (χ0) is 22.4. The predicted molar refractivity (Wildman–Crippen MR) is 127 cm³/mol. The molecule has 1 amide bonds. The molecule has 0 spiro atoms. The summed E-state index contributed by atoms with van der Waals surface area (Å²) in [6.07, 6.45) is 2.22. The van der Waals surface area contributed by atoms with E-state index in [9.17, 15) is 4.79 Å². The highest BCUT2D eigenvalue weighted by molar-refractivity contribution is 6.37. The van der Waals surface area contributed by atoms with Crippen LogP contribution in [-0.2, 0) is 11.2 Å². The van der Waals surface area contributed by atoms with E-state index in [1.807, 2.05) is 35.8 Å². The van der Waals surface area contributed by atoms with Crippen LogP contribution in [0, 0.1) is 0 Å². The molecule has 1 aliphatic heterocycles. The van der Waals surface area contributed by atoms with Crippen LogP contribution in [-0.4, -0.2) is 46.7 Å². The molecule has 0 bridgehead atoms. The van der Waals surface area contributed by atoms with E-state index >= 15 is 0 Å². The van der Waals surface area contributed by atoms with Gasteiger partial charge in [0.2, 0.25) is 0 Å². The first-order valence-corrected chi connectivity index (χ1v) is 11.2. The molecule has 0 aliphatic carbocycles. The van der Waals surface area contributed by atoms with Crippen molar-refractivity contribution in [3.05, 3.63) is 58.0 Å². The van der Waals surface area contributed by atoms with Crippen molar-refractivity contribution in [3.63, 3.8) is 0 Å². The Hall–Kier alpha value is -2.87. The fourth-order valence-corrected chi connectivity index (χ4v) is 4.72. The van der Waals surface area contributed by atoms with Crippen LogP contribution in [0.2, 0.25) is 10.0 Å². The number of aromatic nitrogens is 3. The van der Waals surface area contributed by atoms with E-state index in [4.69, 9.17) is 38.7 Å². The Bertz CT molecular complexity index is 1360. The van der Waals surface area contributed by atoms with E-state index in [1.165, 1.54) is 0 Å². The smallest absolute Gasteiger partial charge is 0.251 e. The van der Waals surface area contributed by atoms with Crippen LogP contribution >= 0.6 is 23.2 Å². The van der Waals surface area contributed by atoms with Crippen molar-refractivity contribution in [3.8, 4) is 5.69 Å². The molecule has 32 heavy (non-hydrogen) atoms. The topological polar surface area (TPSA) is 86.3 Å². The van der Waals surface area contributed by atoms with Crippen LogP contribution in [0.15, 0.2) is 36.5 Å². The zero-order valence-corrected chi connectivity index (χ0v) is 19.0. The molecule has 0 saturated carbocycles. The number of nitrogens with two attached hydrogens (primary N) is 1. The lowest BCUT2D eigenvalue weighted by Crippen LogP contribution is -2.36. The van der Waals surface area contributed by atoms with Crippen molar-refractivity contribution in [2.45, 2.75) is 13.3 Å². The second-order valence-corrected chi connectivity index (χ2v) is 8.45. The number of hydrogen-bond acceptors (Lipinski definition) is 5. The molecule has 4 aromatic rings. The van der Waals surface area contributed by atoms with E-state index in [0.717, 1.165) is 41.2 Å². The molecular formula is C23H21Cl2N5O2. The lowest BCUT2D eigenvalue weighted by Gasteiger charge is -2.29. The number of halogens is 2. The van der Waals surface area contributed by atoms with Crippen molar-refractivity contribution in [1.29, 1.82) is 0 Å². The SMILES string of the molecule is CCc1nc2c(C(N)=O)cc(N3CCOCC3)cc2n1-c1c(Cl)cnc2c(Cl)cccc12. The van der Waals surface area contributed by atoms with Crippen molar-refractivity contribution in [1.82, 2.24) is 14.5 Å². The number of pyridine rings is 1. The number of hydrogen-bond donors (Lipinski definition) is 1. The number of primary amides is 1. The van der Waals surface area contributed by atoms with Gasteiger partial charge in [0, 0.05) is 36.8 Å². The molecule has 3 heterocycles. The van der Waals surface area contributed by atoms with Crippen LogP contribution in [0.5, 0.6) is 0 Å². The van der Waals surface area contributed by atoms with Crippen LogP contribution < -0.4 is 10.6 Å². The number of nitrogens with zero attached hydrogens (tertiary/aromatic N) is 4. The van der Waals surface area contributed by atoms with Gasteiger partial charge in [-0.25, -0.2) is 4.98 Å². The van der Waals surface area contributed by atoms with Gasteiger partial charge in [-0.2, -0.15) is 0 Å². The lowest BCUT2D eigenvalue weighted by atomic mass is 10.1. The van der Waals surface area contributed by atoms with Crippen LogP contribution in [0.1, 0.15) is 23.1 Å². The van der Waals surface area contributed by atoms with Crippen molar-refractivity contribution in [2.75, 3.05) is 31.2 Å². The summed E-state index contributed by atoms with van der Waals surface area (Å²) < 4.78 is 7.48. The fraction of sp³-hybridized carbons (Fsp3) is 0.261. The van der Waals surface area contributed by atoms with Crippen molar-refractivity contribution in [2.24, 2.45) is 5.73 Å². The first kappa shape index (κ1) is 21.0. The fourth-order valence-electron chi connectivity index (χ4n) is 4.26. The molecule has 0 radical (unpaired) electrons. The molecule has 2 aromatic carbocycles. The summed E-state index contributed by atoms with van der Waals surface area (Å²) in [5.74, 6) is 0.238. The van der Waals surface area contributed by atoms with E-state index in [0.29, 0.717) is 46.3 Å². The largest absolute Gasteiger partial charge is 0.378 e. The Balaban J connectivity index is 1.87. The molecule has 7 nitrogen and oxygen atoms in total. The summed E-state index contributed by atoms with van der Waals surface area (Å²) in [7, 11) is 0. The molecule has 1 saturated heterocycles. The summed E-state index contributed by atoms with van der Waals surface area (Å²) in [6, 6.07) is 9.44. The van der Waals surface area contributed by atoms with Gasteiger partial charge in [0.05, 0.1) is 45.5 Å². The van der Waals surface area contributed by atoms with Crippen LogP contribution in [0.3, 0.4) is 0 Å². The second kappa shape index (κ2) is 8.24. The maximum Gasteiger partial charge on any atom is 0.251 e. The van der Waals surface area contributed by atoms with Crippen molar-refractivity contribution < 1.29 is 9.53 Å². The summed E-state index contributed by atoms with van der Waals surface area (Å²) in [5, 5.41) is 1.80. The molecule has 2 N–H and O–H groups in total. The highest BCUT2D eigenvalue weighted by Gasteiger charge is 2.23. The number of amides is 1. The Morgan fingerprint density at radius 2 is 1.94 bits per heavy atom. The number of para-hydroxylation sites is 1. The predicted octanol–water partition coefficient (Wildman–Crippen LogP) is 4.38. The Kier molecular flexibility index (Phi) is 5.41. The number of ether oxygens (including phenoxy) is 1. The van der Waals surface area contributed by atoms with Gasteiger partial charge in [-0.15, -0.1) is 0 Å².